The predicted molar refractivity (Wildman–Crippen MR) is 125 cm³/mol. The van der Waals surface area contributed by atoms with Gasteiger partial charge in [0.05, 0.1) is 35.7 Å². The van der Waals surface area contributed by atoms with Crippen LogP contribution in [-0.4, -0.2) is 40.6 Å². The van der Waals surface area contributed by atoms with Gasteiger partial charge in [-0.15, -0.1) is 0 Å². The molecule has 3 heterocycles. The molecule has 1 aromatic heterocycles. The number of para-hydroxylation sites is 2. The van der Waals surface area contributed by atoms with Crippen molar-refractivity contribution < 1.29 is 14.9 Å². The number of aromatic nitrogens is 1. The third-order valence-corrected chi connectivity index (χ3v) is 8.14. The summed E-state index contributed by atoms with van der Waals surface area (Å²) in [6.07, 6.45) is 3.07. The van der Waals surface area contributed by atoms with Gasteiger partial charge in [-0.2, -0.15) is 0 Å². The van der Waals surface area contributed by atoms with Crippen molar-refractivity contribution >= 4 is 10.9 Å². The van der Waals surface area contributed by atoms with Gasteiger partial charge in [-0.1, -0.05) is 36.4 Å². The van der Waals surface area contributed by atoms with Crippen LogP contribution in [0.4, 0.5) is 0 Å². The van der Waals surface area contributed by atoms with E-state index in [-0.39, 0.29) is 24.5 Å². The quantitative estimate of drug-likeness (QED) is 0.548. The van der Waals surface area contributed by atoms with Gasteiger partial charge in [-0.3, -0.25) is 0 Å². The molecule has 3 N–H and O–H groups in total. The molecule has 3 aliphatic rings. The molecule has 3 aromatic rings. The fourth-order valence-corrected chi connectivity index (χ4v) is 6.56. The minimum Gasteiger partial charge on any atom is -0.396 e. The summed E-state index contributed by atoms with van der Waals surface area (Å²) in [6.45, 7) is 2.48. The van der Waals surface area contributed by atoms with E-state index in [1.54, 1.807) is 0 Å². The number of aliphatic hydroxyl groups excluding tert-OH is 2. The maximum absolute atomic E-state index is 10.7. The molecule has 5 atom stereocenters. The first-order chi connectivity index (χ1) is 15.8. The van der Waals surface area contributed by atoms with Gasteiger partial charge in [0.1, 0.15) is 0 Å². The van der Waals surface area contributed by atoms with E-state index in [4.69, 9.17) is 4.74 Å². The minimum atomic E-state index is -0.433. The highest BCUT2D eigenvalue weighted by molar-refractivity contribution is 5.88. The summed E-state index contributed by atoms with van der Waals surface area (Å²) >= 11 is 0. The first kappa shape index (κ1) is 20.4. The highest BCUT2D eigenvalue weighted by atomic mass is 16.5. The number of nitrogens with zero attached hydrogens (tertiary/aromatic N) is 1. The van der Waals surface area contributed by atoms with Gasteiger partial charge >= 0.3 is 0 Å². The van der Waals surface area contributed by atoms with E-state index in [0.717, 1.165) is 38.8 Å². The van der Waals surface area contributed by atoms with E-state index in [1.807, 2.05) is 0 Å². The number of fused-ring (bicyclic) bond motifs is 6. The Morgan fingerprint density at radius 2 is 1.91 bits per heavy atom. The lowest BCUT2D eigenvalue weighted by molar-refractivity contribution is -0.0578. The number of ether oxygens (including phenoxy) is 1. The lowest BCUT2D eigenvalue weighted by Gasteiger charge is -2.42. The molecule has 6 rings (SSSR count). The van der Waals surface area contributed by atoms with Crippen molar-refractivity contribution in [1.29, 1.82) is 0 Å². The molecule has 0 unspecified atom stereocenters. The SMILES string of the molecule is OC[C@@H]1[C@H]2C[C@@H]3OCc4ccccc4-n4c3c(c3ccccc34)CCNC[C@@H]2CC[C@@H]1O. The van der Waals surface area contributed by atoms with Crippen LogP contribution in [0.2, 0.25) is 0 Å². The van der Waals surface area contributed by atoms with Crippen LogP contribution in [0.1, 0.15) is 42.2 Å². The molecule has 168 valence electrons. The second-order valence-electron chi connectivity index (χ2n) is 9.75. The van der Waals surface area contributed by atoms with Gasteiger partial charge in [0.15, 0.2) is 0 Å². The molecule has 32 heavy (non-hydrogen) atoms. The molecule has 2 aliphatic heterocycles. The fraction of sp³-hybridized carbons (Fsp3) is 0.481. The molecule has 1 fully saturated rings. The summed E-state index contributed by atoms with van der Waals surface area (Å²) < 4.78 is 9.10. The molecule has 5 nitrogen and oxygen atoms in total. The number of rotatable bonds is 1. The minimum absolute atomic E-state index is 0.0329. The Kier molecular flexibility index (Phi) is 5.30. The van der Waals surface area contributed by atoms with Gasteiger partial charge in [0.25, 0.3) is 0 Å². The van der Waals surface area contributed by atoms with Crippen molar-refractivity contribution in [2.45, 2.75) is 44.5 Å². The van der Waals surface area contributed by atoms with Gasteiger partial charge in [0.2, 0.25) is 0 Å². The molecule has 0 radical (unpaired) electrons. The predicted octanol–water partition coefficient (Wildman–Crippen LogP) is 3.73. The maximum Gasteiger partial charge on any atom is 0.0988 e. The van der Waals surface area contributed by atoms with Crippen LogP contribution in [0, 0.1) is 17.8 Å². The molecule has 0 saturated heterocycles. The van der Waals surface area contributed by atoms with Crippen molar-refractivity contribution in [2.75, 3.05) is 19.7 Å². The van der Waals surface area contributed by atoms with Crippen LogP contribution in [0.25, 0.3) is 16.6 Å². The van der Waals surface area contributed by atoms with E-state index in [2.05, 4.69) is 58.4 Å². The average molecular weight is 433 g/mol. The highest BCUT2D eigenvalue weighted by Crippen LogP contribution is 2.46. The van der Waals surface area contributed by atoms with E-state index in [9.17, 15) is 10.2 Å². The fourth-order valence-electron chi connectivity index (χ4n) is 6.56. The molecule has 1 saturated carbocycles. The molecular weight excluding hydrogens is 400 g/mol. The summed E-state index contributed by atoms with van der Waals surface area (Å²) in [7, 11) is 0. The van der Waals surface area contributed by atoms with E-state index in [1.165, 1.54) is 33.4 Å². The second-order valence-corrected chi connectivity index (χ2v) is 9.75. The first-order valence-corrected chi connectivity index (χ1v) is 12.1. The van der Waals surface area contributed by atoms with Crippen molar-refractivity contribution in [3.05, 3.63) is 65.4 Å². The number of hydrogen-bond acceptors (Lipinski definition) is 4. The van der Waals surface area contributed by atoms with Crippen LogP contribution in [0.5, 0.6) is 0 Å². The van der Waals surface area contributed by atoms with Gasteiger partial charge in [0, 0.05) is 23.5 Å². The first-order valence-electron chi connectivity index (χ1n) is 12.1. The van der Waals surface area contributed by atoms with Crippen LogP contribution >= 0.6 is 0 Å². The molecule has 0 bridgehead atoms. The average Bonchev–Trinajstić information content (AvgIpc) is 3.05. The lowest BCUT2D eigenvalue weighted by Crippen LogP contribution is -2.45. The Balaban J connectivity index is 1.55. The van der Waals surface area contributed by atoms with Gasteiger partial charge in [-0.25, -0.2) is 0 Å². The Hall–Kier alpha value is -2.18. The maximum atomic E-state index is 10.7. The topological polar surface area (TPSA) is 66.7 Å². The number of hydrogen-bond donors (Lipinski definition) is 3. The Bertz CT molecular complexity index is 1120. The highest BCUT2D eigenvalue weighted by Gasteiger charge is 2.41. The molecule has 2 aromatic carbocycles. The summed E-state index contributed by atoms with van der Waals surface area (Å²) in [6, 6.07) is 17.3. The van der Waals surface area contributed by atoms with E-state index in [0.29, 0.717) is 12.5 Å². The van der Waals surface area contributed by atoms with Gasteiger partial charge in [-0.05, 0) is 68.3 Å². The van der Waals surface area contributed by atoms with Crippen molar-refractivity contribution in [1.82, 2.24) is 9.88 Å². The number of aliphatic hydroxyl groups is 2. The Labute approximate surface area is 189 Å². The van der Waals surface area contributed by atoms with Crippen LogP contribution < -0.4 is 5.32 Å². The van der Waals surface area contributed by atoms with Crippen molar-refractivity contribution in [2.24, 2.45) is 17.8 Å². The molecule has 5 heteroatoms. The smallest absolute Gasteiger partial charge is 0.0988 e. The van der Waals surface area contributed by atoms with Crippen molar-refractivity contribution in [3.8, 4) is 5.69 Å². The van der Waals surface area contributed by atoms with Crippen molar-refractivity contribution in [3.63, 3.8) is 0 Å². The number of benzene rings is 2. The van der Waals surface area contributed by atoms with E-state index >= 15 is 0 Å². The number of nitrogens with one attached hydrogen (secondary N) is 1. The zero-order valence-corrected chi connectivity index (χ0v) is 18.4. The van der Waals surface area contributed by atoms with E-state index < -0.39 is 6.10 Å². The van der Waals surface area contributed by atoms with Gasteiger partial charge < -0.3 is 24.8 Å². The summed E-state index contributed by atoms with van der Waals surface area (Å²) in [4.78, 5) is 0. The lowest BCUT2D eigenvalue weighted by atomic mass is 9.68. The summed E-state index contributed by atoms with van der Waals surface area (Å²) in [5, 5.41) is 25.9. The zero-order chi connectivity index (χ0) is 21.7. The monoisotopic (exact) mass is 432 g/mol. The third kappa shape index (κ3) is 3.22. The van der Waals surface area contributed by atoms with Crippen LogP contribution in [0.3, 0.4) is 0 Å². The second kappa shape index (κ2) is 8.31. The standard InChI is InChI=1S/C27H32N2O3/c30-15-22-21-13-26-27-20(11-12-28-14-17(21)9-10-25(22)31)19-6-2-4-8-24(19)29(27)23-7-3-1-5-18(23)16-32-26/h1-8,17,21-22,25-26,28,30-31H,9-16H2/t17-,21-,22+,25-,26-/m0/s1. The normalized spacial score (nSPS) is 30.1. The zero-order valence-electron chi connectivity index (χ0n) is 18.4. The summed E-state index contributed by atoms with van der Waals surface area (Å²) in [5.41, 5.74) is 6.27. The molecular formula is C27H32N2O3. The molecule has 0 spiro atoms. The summed E-state index contributed by atoms with van der Waals surface area (Å²) in [5.74, 6) is 0.578. The third-order valence-electron chi connectivity index (χ3n) is 8.14. The molecule has 1 aliphatic carbocycles. The Morgan fingerprint density at radius 1 is 1.06 bits per heavy atom. The van der Waals surface area contributed by atoms with Crippen LogP contribution in [-0.2, 0) is 17.8 Å². The Morgan fingerprint density at radius 3 is 2.81 bits per heavy atom. The molecule has 0 amide bonds. The largest absolute Gasteiger partial charge is 0.396 e. The van der Waals surface area contributed by atoms with Crippen LogP contribution in [0.15, 0.2) is 48.5 Å².